The van der Waals surface area contributed by atoms with Crippen molar-refractivity contribution in [1.82, 2.24) is 4.31 Å². The van der Waals surface area contributed by atoms with E-state index in [9.17, 15) is 12.8 Å². The Bertz CT molecular complexity index is 534. The van der Waals surface area contributed by atoms with Gasteiger partial charge in [-0.05, 0) is 18.6 Å². The molecule has 18 heavy (non-hydrogen) atoms. The van der Waals surface area contributed by atoms with Crippen molar-refractivity contribution in [2.75, 3.05) is 13.6 Å². The first-order chi connectivity index (χ1) is 8.34. The van der Waals surface area contributed by atoms with Gasteiger partial charge in [-0.3, -0.25) is 0 Å². The Morgan fingerprint density at radius 2 is 2.06 bits per heavy atom. The molecule has 0 amide bonds. The molecular formula is C11H16BrFN2O2S. The predicted octanol–water partition coefficient (Wildman–Crippen LogP) is 2.08. The second-order valence-corrected chi connectivity index (χ2v) is 6.84. The summed E-state index contributed by atoms with van der Waals surface area (Å²) in [5.41, 5.74) is 5.57. The minimum Gasteiger partial charge on any atom is -0.326 e. The Balaban J connectivity index is 3.37. The van der Waals surface area contributed by atoms with Gasteiger partial charge in [0.2, 0.25) is 10.0 Å². The van der Waals surface area contributed by atoms with Gasteiger partial charge in [0.1, 0.15) is 10.7 Å². The second kappa shape index (κ2) is 6.10. The third-order valence-corrected chi connectivity index (χ3v) is 4.84. The summed E-state index contributed by atoms with van der Waals surface area (Å²) in [5.74, 6) is -0.774. The standard InChI is InChI=1S/C11H16BrFN2O2S/c1-3-4-15(2)18(16,17)10-6-9(12)5-8(7-14)11(10)13/h5-6H,3-4,7,14H2,1-2H3. The number of benzene rings is 1. The van der Waals surface area contributed by atoms with E-state index in [0.29, 0.717) is 17.4 Å². The third kappa shape index (κ3) is 3.09. The van der Waals surface area contributed by atoms with Crippen LogP contribution >= 0.6 is 15.9 Å². The normalized spacial score (nSPS) is 12.1. The fourth-order valence-corrected chi connectivity index (χ4v) is 3.61. The van der Waals surface area contributed by atoms with E-state index in [1.165, 1.54) is 19.2 Å². The van der Waals surface area contributed by atoms with E-state index in [-0.39, 0.29) is 17.0 Å². The van der Waals surface area contributed by atoms with Crippen LogP contribution in [0.15, 0.2) is 21.5 Å². The lowest BCUT2D eigenvalue weighted by atomic mass is 10.2. The van der Waals surface area contributed by atoms with Crippen molar-refractivity contribution in [1.29, 1.82) is 0 Å². The lowest BCUT2D eigenvalue weighted by Gasteiger charge is -2.17. The number of nitrogens with two attached hydrogens (primary N) is 1. The Hall–Kier alpha value is -0.500. The van der Waals surface area contributed by atoms with Gasteiger partial charge in [-0.15, -0.1) is 0 Å². The highest BCUT2D eigenvalue weighted by Crippen LogP contribution is 2.26. The fourth-order valence-electron chi connectivity index (χ4n) is 1.56. The van der Waals surface area contributed by atoms with Crippen LogP contribution in [0.5, 0.6) is 0 Å². The van der Waals surface area contributed by atoms with Gasteiger partial charge in [0.25, 0.3) is 0 Å². The minimum atomic E-state index is -3.81. The molecule has 1 aromatic carbocycles. The molecule has 2 N–H and O–H groups in total. The van der Waals surface area contributed by atoms with Crippen LogP contribution in [0, 0.1) is 5.82 Å². The molecule has 4 nitrogen and oxygen atoms in total. The fraction of sp³-hybridized carbons (Fsp3) is 0.455. The highest BCUT2D eigenvalue weighted by atomic mass is 79.9. The van der Waals surface area contributed by atoms with Crippen molar-refractivity contribution >= 4 is 26.0 Å². The number of nitrogens with zero attached hydrogens (tertiary/aromatic N) is 1. The number of sulfonamides is 1. The average molecular weight is 339 g/mol. The first-order valence-corrected chi connectivity index (χ1v) is 7.72. The molecule has 1 rings (SSSR count). The zero-order valence-corrected chi connectivity index (χ0v) is 12.7. The summed E-state index contributed by atoms with van der Waals surface area (Å²) >= 11 is 3.16. The maximum absolute atomic E-state index is 14.0. The quantitative estimate of drug-likeness (QED) is 0.893. The molecule has 0 atom stereocenters. The van der Waals surface area contributed by atoms with E-state index in [2.05, 4.69) is 15.9 Å². The summed E-state index contributed by atoms with van der Waals surface area (Å²) in [5, 5.41) is 0. The molecule has 0 aromatic heterocycles. The smallest absolute Gasteiger partial charge is 0.245 e. The van der Waals surface area contributed by atoms with Gasteiger partial charge in [-0.1, -0.05) is 22.9 Å². The molecule has 0 fully saturated rings. The monoisotopic (exact) mass is 338 g/mol. The molecule has 0 heterocycles. The maximum atomic E-state index is 14.0. The zero-order valence-electron chi connectivity index (χ0n) is 10.3. The largest absolute Gasteiger partial charge is 0.326 e. The molecule has 0 aliphatic rings. The van der Waals surface area contributed by atoms with E-state index < -0.39 is 15.8 Å². The van der Waals surface area contributed by atoms with Crippen LogP contribution in [0.3, 0.4) is 0 Å². The van der Waals surface area contributed by atoms with Gasteiger partial charge >= 0.3 is 0 Å². The van der Waals surface area contributed by atoms with Crippen molar-refractivity contribution in [3.05, 3.63) is 28.0 Å². The summed E-state index contributed by atoms with van der Waals surface area (Å²) < 4.78 is 40.0. The van der Waals surface area contributed by atoms with Crippen LogP contribution < -0.4 is 5.73 Å². The lowest BCUT2D eigenvalue weighted by molar-refractivity contribution is 0.460. The molecule has 1 aromatic rings. The summed E-state index contributed by atoms with van der Waals surface area (Å²) in [7, 11) is -2.38. The number of hydrogen-bond donors (Lipinski definition) is 1. The Labute approximate surface area is 115 Å². The predicted molar refractivity (Wildman–Crippen MR) is 72.1 cm³/mol. The van der Waals surface area contributed by atoms with Gasteiger partial charge in [-0.2, -0.15) is 0 Å². The van der Waals surface area contributed by atoms with Gasteiger partial charge in [0, 0.05) is 30.2 Å². The number of halogens is 2. The molecule has 0 radical (unpaired) electrons. The van der Waals surface area contributed by atoms with Crippen molar-refractivity contribution in [2.45, 2.75) is 24.8 Å². The summed E-state index contributed by atoms with van der Waals surface area (Å²) in [4.78, 5) is -0.340. The van der Waals surface area contributed by atoms with Gasteiger partial charge in [-0.25, -0.2) is 17.1 Å². The van der Waals surface area contributed by atoms with Crippen LogP contribution in [0.25, 0.3) is 0 Å². The molecule has 0 saturated heterocycles. The molecular weight excluding hydrogens is 323 g/mol. The molecule has 7 heteroatoms. The molecule has 0 unspecified atom stereocenters. The summed E-state index contributed by atoms with van der Waals surface area (Å²) in [6.07, 6.45) is 0.662. The highest BCUT2D eigenvalue weighted by Gasteiger charge is 2.25. The maximum Gasteiger partial charge on any atom is 0.245 e. The van der Waals surface area contributed by atoms with Crippen LogP contribution in [-0.2, 0) is 16.6 Å². The van der Waals surface area contributed by atoms with Crippen molar-refractivity contribution in [3.8, 4) is 0 Å². The number of rotatable bonds is 5. The summed E-state index contributed by atoms with van der Waals surface area (Å²) in [6, 6.07) is 2.74. The number of hydrogen-bond acceptors (Lipinski definition) is 3. The molecule has 0 spiro atoms. The molecule has 102 valence electrons. The van der Waals surface area contributed by atoms with Crippen LogP contribution in [0.1, 0.15) is 18.9 Å². The van der Waals surface area contributed by atoms with E-state index in [1.807, 2.05) is 6.92 Å². The first-order valence-electron chi connectivity index (χ1n) is 5.49. The van der Waals surface area contributed by atoms with E-state index in [0.717, 1.165) is 4.31 Å². The second-order valence-electron chi connectivity index (χ2n) is 3.91. The zero-order chi connectivity index (χ0) is 13.9. The van der Waals surface area contributed by atoms with E-state index in [4.69, 9.17) is 5.73 Å². The third-order valence-electron chi connectivity index (χ3n) is 2.53. The first kappa shape index (κ1) is 15.6. The van der Waals surface area contributed by atoms with Gasteiger partial charge in [0.05, 0.1) is 0 Å². The van der Waals surface area contributed by atoms with E-state index in [1.54, 1.807) is 0 Å². The molecule has 0 bridgehead atoms. The molecule has 0 aliphatic carbocycles. The van der Waals surface area contributed by atoms with Crippen molar-refractivity contribution in [3.63, 3.8) is 0 Å². The lowest BCUT2D eigenvalue weighted by Crippen LogP contribution is -2.28. The Morgan fingerprint density at radius 3 is 2.56 bits per heavy atom. The van der Waals surface area contributed by atoms with Gasteiger partial charge < -0.3 is 5.73 Å². The van der Waals surface area contributed by atoms with Crippen molar-refractivity contribution < 1.29 is 12.8 Å². The topological polar surface area (TPSA) is 63.4 Å². The van der Waals surface area contributed by atoms with Crippen LogP contribution in [0.4, 0.5) is 4.39 Å². The highest BCUT2D eigenvalue weighted by molar-refractivity contribution is 9.10. The molecule has 0 saturated carbocycles. The van der Waals surface area contributed by atoms with Gasteiger partial charge in [0.15, 0.2) is 0 Å². The summed E-state index contributed by atoms with van der Waals surface area (Å²) in [6.45, 7) is 2.14. The average Bonchev–Trinajstić information content (AvgIpc) is 2.31. The van der Waals surface area contributed by atoms with Crippen LogP contribution in [0.2, 0.25) is 0 Å². The Kier molecular flexibility index (Phi) is 5.27. The van der Waals surface area contributed by atoms with Crippen LogP contribution in [-0.4, -0.2) is 26.3 Å². The SMILES string of the molecule is CCCN(C)S(=O)(=O)c1cc(Br)cc(CN)c1F. The van der Waals surface area contributed by atoms with E-state index >= 15 is 0 Å². The van der Waals surface area contributed by atoms with Crippen molar-refractivity contribution in [2.24, 2.45) is 5.73 Å². The Morgan fingerprint density at radius 1 is 1.44 bits per heavy atom. The minimum absolute atomic E-state index is 0.0503. The molecule has 0 aliphatic heterocycles.